The molecule has 1 fully saturated rings. The molecule has 4 nitrogen and oxygen atoms in total. The van der Waals surface area contributed by atoms with Gasteiger partial charge >= 0.3 is 0 Å². The fourth-order valence-corrected chi connectivity index (χ4v) is 4.57. The van der Waals surface area contributed by atoms with E-state index >= 15 is 0 Å². The van der Waals surface area contributed by atoms with Crippen molar-refractivity contribution in [2.45, 2.75) is 12.6 Å². The maximum Gasteiger partial charge on any atom is 0.256 e. The van der Waals surface area contributed by atoms with Gasteiger partial charge in [-0.05, 0) is 25.1 Å². The van der Waals surface area contributed by atoms with Crippen LogP contribution in [0.3, 0.4) is 0 Å². The van der Waals surface area contributed by atoms with Gasteiger partial charge in [0.25, 0.3) is 11.8 Å². The maximum absolute atomic E-state index is 13.6. The van der Waals surface area contributed by atoms with Gasteiger partial charge in [-0.15, -0.1) is 0 Å². The quantitative estimate of drug-likeness (QED) is 0.690. The zero-order valence-electron chi connectivity index (χ0n) is 15.6. The first-order valence-electron chi connectivity index (χ1n) is 9.49. The fraction of sp³-hybridized carbons (Fsp3) is 0.167. The van der Waals surface area contributed by atoms with Crippen LogP contribution in [-0.4, -0.2) is 34.7 Å². The Balaban J connectivity index is 1.74. The number of benzene rings is 3. The second-order valence-corrected chi connectivity index (χ2v) is 7.36. The molecule has 5 rings (SSSR count). The normalized spacial score (nSPS) is 20.2. The van der Waals surface area contributed by atoms with Gasteiger partial charge in [-0.1, -0.05) is 66.2 Å². The Kier molecular flexibility index (Phi) is 3.63. The zero-order chi connectivity index (χ0) is 19.3. The molecule has 0 radical (unpaired) electrons. The molecule has 0 N–H and O–H groups in total. The molecule has 0 unspecified atom stereocenters. The van der Waals surface area contributed by atoms with Gasteiger partial charge in [-0.2, -0.15) is 0 Å². The summed E-state index contributed by atoms with van der Waals surface area (Å²) < 4.78 is 0. The van der Waals surface area contributed by atoms with Crippen LogP contribution in [0.4, 0.5) is 0 Å². The number of rotatable bonds is 2. The lowest BCUT2D eigenvalue weighted by atomic mass is 9.89. The van der Waals surface area contributed by atoms with Gasteiger partial charge in [0.05, 0.1) is 0 Å². The lowest BCUT2D eigenvalue weighted by Gasteiger charge is -2.40. The van der Waals surface area contributed by atoms with E-state index in [0.717, 1.165) is 16.7 Å². The fourth-order valence-electron chi connectivity index (χ4n) is 4.57. The Morgan fingerprint density at radius 3 is 2.29 bits per heavy atom. The average Bonchev–Trinajstić information content (AvgIpc) is 3.25. The lowest BCUT2D eigenvalue weighted by Crippen LogP contribution is -2.51. The van der Waals surface area contributed by atoms with Crippen molar-refractivity contribution in [3.05, 3.63) is 107 Å². The van der Waals surface area contributed by atoms with Crippen molar-refractivity contribution in [2.75, 3.05) is 13.1 Å². The Morgan fingerprint density at radius 2 is 1.54 bits per heavy atom. The first kappa shape index (κ1) is 16.8. The zero-order valence-corrected chi connectivity index (χ0v) is 15.6. The molecule has 1 saturated heterocycles. The van der Waals surface area contributed by atoms with E-state index < -0.39 is 5.66 Å². The molecule has 4 heteroatoms. The van der Waals surface area contributed by atoms with Crippen LogP contribution in [0, 0.1) is 6.92 Å². The van der Waals surface area contributed by atoms with Gasteiger partial charge in [0.2, 0.25) is 0 Å². The predicted octanol–water partition coefficient (Wildman–Crippen LogP) is 3.81. The monoisotopic (exact) mass is 368 g/mol. The Morgan fingerprint density at radius 1 is 0.857 bits per heavy atom. The van der Waals surface area contributed by atoms with Crippen LogP contribution in [0.25, 0.3) is 0 Å². The summed E-state index contributed by atoms with van der Waals surface area (Å²) in [6, 6.07) is 25.1. The molecule has 2 amide bonds. The standard InChI is InChI=1S/C24H20N2O2/c1-17-11-13-18(14-12-17)22(27)25-15-16-26-23(28)20-9-5-6-10-21(20)24(25,26)19-7-3-2-4-8-19/h2-14H,15-16H2,1H3/t24-/m0/s1. The van der Waals surface area contributed by atoms with Crippen LogP contribution >= 0.6 is 0 Å². The Bertz CT molecular complexity index is 1080. The van der Waals surface area contributed by atoms with Gasteiger partial charge in [-0.3, -0.25) is 9.59 Å². The molecule has 28 heavy (non-hydrogen) atoms. The minimum absolute atomic E-state index is 0.0151. The maximum atomic E-state index is 13.6. The molecule has 2 aliphatic rings. The summed E-state index contributed by atoms with van der Waals surface area (Å²) in [5.41, 5.74) is 3.35. The number of hydrogen-bond donors (Lipinski definition) is 0. The largest absolute Gasteiger partial charge is 0.306 e. The number of nitrogens with zero attached hydrogens (tertiary/aromatic N) is 2. The third-order valence-electron chi connectivity index (χ3n) is 5.83. The van der Waals surface area contributed by atoms with E-state index in [-0.39, 0.29) is 11.8 Å². The summed E-state index contributed by atoms with van der Waals surface area (Å²) >= 11 is 0. The van der Waals surface area contributed by atoms with Gasteiger partial charge in [0.15, 0.2) is 5.66 Å². The molecule has 0 aromatic heterocycles. The van der Waals surface area contributed by atoms with E-state index in [4.69, 9.17) is 0 Å². The lowest BCUT2D eigenvalue weighted by molar-refractivity contribution is 0.0375. The van der Waals surface area contributed by atoms with E-state index in [1.54, 1.807) is 0 Å². The molecular formula is C24H20N2O2. The third kappa shape index (κ3) is 2.12. The van der Waals surface area contributed by atoms with Crippen molar-refractivity contribution in [1.29, 1.82) is 0 Å². The van der Waals surface area contributed by atoms with E-state index in [1.807, 2.05) is 95.6 Å². The van der Waals surface area contributed by atoms with Crippen molar-refractivity contribution in [3.63, 3.8) is 0 Å². The highest BCUT2D eigenvalue weighted by Gasteiger charge is 2.59. The summed E-state index contributed by atoms with van der Waals surface area (Å²) in [6.45, 7) is 3.02. The summed E-state index contributed by atoms with van der Waals surface area (Å²) in [4.78, 5) is 30.5. The van der Waals surface area contributed by atoms with Gasteiger partial charge in [0.1, 0.15) is 0 Å². The third-order valence-corrected chi connectivity index (χ3v) is 5.83. The number of amides is 2. The van der Waals surface area contributed by atoms with E-state index in [1.165, 1.54) is 0 Å². The Hall–Kier alpha value is -3.40. The topological polar surface area (TPSA) is 40.6 Å². The average molecular weight is 368 g/mol. The SMILES string of the molecule is Cc1ccc(C(=O)N2CCN3C(=O)c4ccccc4[C@@]23c2ccccc2)cc1. The van der Waals surface area contributed by atoms with Crippen LogP contribution in [-0.2, 0) is 5.66 Å². The number of aryl methyl sites for hydroxylation is 1. The molecule has 0 aliphatic carbocycles. The van der Waals surface area contributed by atoms with E-state index in [9.17, 15) is 9.59 Å². The first-order chi connectivity index (χ1) is 13.6. The summed E-state index contributed by atoms with van der Waals surface area (Å²) in [5.74, 6) is -0.0745. The molecule has 3 aromatic rings. The molecule has 2 aliphatic heterocycles. The molecule has 0 saturated carbocycles. The number of carbonyl (C=O) groups is 2. The van der Waals surface area contributed by atoms with E-state index in [2.05, 4.69) is 0 Å². The molecule has 3 aromatic carbocycles. The summed E-state index contributed by atoms with van der Waals surface area (Å²) in [7, 11) is 0. The molecule has 0 spiro atoms. The summed E-state index contributed by atoms with van der Waals surface area (Å²) in [6.07, 6.45) is 0. The van der Waals surface area contributed by atoms with E-state index in [0.29, 0.717) is 24.2 Å². The minimum atomic E-state index is -0.892. The predicted molar refractivity (Wildman–Crippen MR) is 107 cm³/mol. The van der Waals surface area contributed by atoms with Crippen LogP contribution in [0.5, 0.6) is 0 Å². The van der Waals surface area contributed by atoms with Crippen LogP contribution in [0.2, 0.25) is 0 Å². The molecule has 1 atom stereocenters. The number of fused-ring (bicyclic) bond motifs is 3. The van der Waals surface area contributed by atoms with Crippen molar-refractivity contribution < 1.29 is 9.59 Å². The highest BCUT2D eigenvalue weighted by molar-refractivity contribution is 6.03. The van der Waals surface area contributed by atoms with Crippen molar-refractivity contribution in [2.24, 2.45) is 0 Å². The highest BCUT2D eigenvalue weighted by Crippen LogP contribution is 2.49. The van der Waals surface area contributed by atoms with Crippen molar-refractivity contribution >= 4 is 11.8 Å². The number of hydrogen-bond acceptors (Lipinski definition) is 2. The van der Waals surface area contributed by atoms with Crippen LogP contribution < -0.4 is 0 Å². The molecule has 138 valence electrons. The molecular weight excluding hydrogens is 348 g/mol. The minimum Gasteiger partial charge on any atom is -0.306 e. The second kappa shape index (κ2) is 6.06. The highest BCUT2D eigenvalue weighted by atomic mass is 16.2. The van der Waals surface area contributed by atoms with Gasteiger partial charge in [0, 0.05) is 35.3 Å². The Labute approximate surface area is 164 Å². The second-order valence-electron chi connectivity index (χ2n) is 7.36. The van der Waals surface area contributed by atoms with Crippen molar-refractivity contribution in [3.8, 4) is 0 Å². The van der Waals surface area contributed by atoms with Gasteiger partial charge in [-0.25, -0.2) is 0 Å². The van der Waals surface area contributed by atoms with Crippen LogP contribution in [0.1, 0.15) is 37.4 Å². The van der Waals surface area contributed by atoms with Crippen molar-refractivity contribution in [1.82, 2.24) is 9.80 Å². The molecule has 0 bridgehead atoms. The van der Waals surface area contributed by atoms with Crippen LogP contribution in [0.15, 0.2) is 78.9 Å². The first-order valence-corrected chi connectivity index (χ1v) is 9.49. The van der Waals surface area contributed by atoms with Gasteiger partial charge < -0.3 is 9.80 Å². The molecule has 2 heterocycles. The smallest absolute Gasteiger partial charge is 0.256 e. The summed E-state index contributed by atoms with van der Waals surface area (Å²) in [5, 5.41) is 0. The number of carbonyl (C=O) groups excluding carboxylic acids is 2.